The number of hydrogen-bond acceptors (Lipinski definition) is 4. The maximum absolute atomic E-state index is 5.52. The molecule has 3 unspecified atom stereocenters. The minimum absolute atomic E-state index is 0.145. The number of hydrogen-bond donors (Lipinski definition) is 1. The van der Waals surface area contributed by atoms with Crippen LogP contribution in [-0.2, 0) is 4.74 Å². The number of rotatable bonds is 4. The predicted octanol–water partition coefficient (Wildman–Crippen LogP) is 3.29. The number of thiol groups is 1. The van der Waals surface area contributed by atoms with Crippen molar-refractivity contribution in [3.8, 4) is 0 Å². The second-order valence-corrected chi connectivity index (χ2v) is 6.47. The van der Waals surface area contributed by atoms with Crippen LogP contribution in [0.1, 0.15) is 31.4 Å². The smallest absolute Gasteiger partial charge is 0.0973 e. The second-order valence-electron chi connectivity index (χ2n) is 5.87. The number of likely N-dealkylation sites (tertiary alicyclic amines) is 1. The van der Waals surface area contributed by atoms with Crippen LogP contribution in [0, 0.1) is 0 Å². The van der Waals surface area contributed by atoms with E-state index in [0.29, 0.717) is 11.4 Å². The van der Waals surface area contributed by atoms with Gasteiger partial charge in [0.15, 0.2) is 0 Å². The topological polar surface area (TPSA) is 15.7 Å². The first-order valence-electron chi connectivity index (χ1n) is 7.59. The highest BCUT2D eigenvalue weighted by molar-refractivity contribution is 7.80. The lowest BCUT2D eigenvalue weighted by atomic mass is 10.0. The zero-order valence-corrected chi connectivity index (χ0v) is 14.9. The molecule has 0 N–H and O–H groups in total. The molecule has 3 atom stereocenters. The van der Waals surface area contributed by atoms with Crippen LogP contribution in [0.5, 0.6) is 0 Å². The minimum atomic E-state index is 0.145. The molecule has 1 aliphatic heterocycles. The molecule has 2 rings (SSSR count). The Labute approximate surface area is 135 Å². The Morgan fingerprint density at radius 3 is 2.24 bits per heavy atom. The second kappa shape index (κ2) is 9.46. The van der Waals surface area contributed by atoms with Crippen molar-refractivity contribution < 1.29 is 4.74 Å². The molecule has 21 heavy (non-hydrogen) atoms. The third kappa shape index (κ3) is 5.99. The average molecular weight is 311 g/mol. The predicted molar refractivity (Wildman–Crippen MR) is 94.0 cm³/mol. The third-order valence-electron chi connectivity index (χ3n) is 4.12. The normalized spacial score (nSPS) is 21.8. The maximum Gasteiger partial charge on any atom is 0.0973 e. The molecular weight excluding hydrogens is 280 g/mol. The van der Waals surface area contributed by atoms with Crippen LogP contribution in [0.4, 0.5) is 0 Å². The van der Waals surface area contributed by atoms with Gasteiger partial charge in [0.2, 0.25) is 0 Å². The Morgan fingerprint density at radius 2 is 1.90 bits per heavy atom. The SMILES string of the molecule is CN1CCCC1S.COC(c1ccccc1)C(C)N(C)C. The molecule has 1 aliphatic rings. The van der Waals surface area contributed by atoms with Crippen molar-refractivity contribution >= 4 is 12.6 Å². The summed E-state index contributed by atoms with van der Waals surface area (Å²) in [6.45, 7) is 3.40. The average Bonchev–Trinajstić information content (AvgIpc) is 2.85. The molecule has 0 aromatic heterocycles. The molecule has 1 aromatic carbocycles. The van der Waals surface area contributed by atoms with E-state index in [1.54, 1.807) is 7.11 Å². The number of likely N-dealkylation sites (N-methyl/N-ethyl adjacent to an activating group) is 1. The van der Waals surface area contributed by atoms with Crippen LogP contribution in [0.25, 0.3) is 0 Å². The molecule has 1 heterocycles. The quantitative estimate of drug-likeness (QED) is 0.859. The van der Waals surface area contributed by atoms with Gasteiger partial charge in [-0.2, -0.15) is 12.6 Å². The molecule has 0 saturated carbocycles. The van der Waals surface area contributed by atoms with E-state index >= 15 is 0 Å². The number of ether oxygens (including phenoxy) is 1. The summed E-state index contributed by atoms with van der Waals surface area (Å²) in [7, 11) is 8.02. The first-order valence-corrected chi connectivity index (χ1v) is 8.11. The first kappa shape index (κ1) is 18.5. The van der Waals surface area contributed by atoms with E-state index in [4.69, 9.17) is 4.74 Å². The van der Waals surface area contributed by atoms with Crippen molar-refractivity contribution in [1.29, 1.82) is 0 Å². The molecule has 120 valence electrons. The van der Waals surface area contributed by atoms with Crippen molar-refractivity contribution in [2.75, 3.05) is 34.8 Å². The fourth-order valence-corrected chi connectivity index (χ4v) is 2.72. The summed E-state index contributed by atoms with van der Waals surface area (Å²) in [6.07, 6.45) is 2.73. The molecule has 1 aromatic rings. The van der Waals surface area contributed by atoms with E-state index in [2.05, 4.69) is 62.6 Å². The van der Waals surface area contributed by atoms with Gasteiger partial charge in [-0.25, -0.2) is 0 Å². The van der Waals surface area contributed by atoms with Crippen LogP contribution in [0.2, 0.25) is 0 Å². The molecule has 0 radical (unpaired) electrons. The fourth-order valence-electron chi connectivity index (χ4n) is 2.42. The van der Waals surface area contributed by atoms with E-state index in [9.17, 15) is 0 Å². The van der Waals surface area contributed by atoms with Gasteiger partial charge in [-0.05, 0) is 53.0 Å². The van der Waals surface area contributed by atoms with Gasteiger partial charge in [0.1, 0.15) is 0 Å². The number of benzene rings is 1. The van der Waals surface area contributed by atoms with E-state index in [1.807, 2.05) is 18.2 Å². The van der Waals surface area contributed by atoms with Crippen molar-refractivity contribution in [2.24, 2.45) is 0 Å². The summed E-state index contributed by atoms with van der Waals surface area (Å²) in [6, 6.07) is 10.7. The molecule has 0 bridgehead atoms. The molecule has 0 aliphatic carbocycles. The molecule has 1 saturated heterocycles. The molecular formula is C17H30N2OS. The Balaban J connectivity index is 0.000000262. The van der Waals surface area contributed by atoms with Crippen molar-refractivity contribution in [3.63, 3.8) is 0 Å². The van der Waals surface area contributed by atoms with Gasteiger partial charge < -0.3 is 9.64 Å². The van der Waals surface area contributed by atoms with Gasteiger partial charge in [-0.3, -0.25) is 4.90 Å². The van der Waals surface area contributed by atoms with Gasteiger partial charge in [-0.1, -0.05) is 30.3 Å². The lowest BCUT2D eigenvalue weighted by Gasteiger charge is -2.28. The Bertz CT molecular complexity index is 378. The Hall–Kier alpha value is -0.550. The van der Waals surface area contributed by atoms with Gasteiger partial charge in [0.25, 0.3) is 0 Å². The first-order chi connectivity index (χ1) is 9.97. The summed E-state index contributed by atoms with van der Waals surface area (Å²) in [5.41, 5.74) is 1.23. The molecule has 1 fully saturated rings. The summed E-state index contributed by atoms with van der Waals surface area (Å²) in [4.78, 5) is 4.43. The zero-order valence-electron chi connectivity index (χ0n) is 14.0. The third-order valence-corrected chi connectivity index (χ3v) is 4.77. The van der Waals surface area contributed by atoms with Crippen LogP contribution in [-0.4, -0.2) is 56.0 Å². The lowest BCUT2D eigenvalue weighted by molar-refractivity contribution is 0.0388. The van der Waals surface area contributed by atoms with Crippen molar-refractivity contribution in [2.45, 2.75) is 37.3 Å². The number of methoxy groups -OCH3 is 1. The Kier molecular flexibility index (Phi) is 8.34. The standard InChI is InChI=1S/C12H19NO.C5H11NS/c1-10(13(2)3)12(14-4)11-8-6-5-7-9-11;1-6-4-2-3-5(6)7/h5-10,12H,1-4H3;5,7H,2-4H2,1H3. The van der Waals surface area contributed by atoms with Crippen molar-refractivity contribution in [1.82, 2.24) is 9.80 Å². The number of nitrogens with zero attached hydrogens (tertiary/aromatic N) is 2. The highest BCUT2D eigenvalue weighted by Gasteiger charge is 2.19. The van der Waals surface area contributed by atoms with Crippen molar-refractivity contribution in [3.05, 3.63) is 35.9 Å². The Morgan fingerprint density at radius 1 is 1.29 bits per heavy atom. The summed E-state index contributed by atoms with van der Waals surface area (Å²) in [5, 5.41) is 0.542. The monoisotopic (exact) mass is 310 g/mol. The van der Waals surface area contributed by atoms with Gasteiger partial charge in [-0.15, -0.1) is 0 Å². The van der Waals surface area contributed by atoms with Gasteiger partial charge in [0.05, 0.1) is 11.5 Å². The highest BCUT2D eigenvalue weighted by Crippen LogP contribution is 2.22. The summed E-state index contributed by atoms with van der Waals surface area (Å²) >= 11 is 4.31. The molecule has 0 spiro atoms. The van der Waals surface area contributed by atoms with Crippen LogP contribution in [0.3, 0.4) is 0 Å². The molecule has 3 nitrogen and oxygen atoms in total. The van der Waals surface area contributed by atoms with E-state index in [0.717, 1.165) is 0 Å². The summed E-state index contributed by atoms with van der Waals surface area (Å²) in [5.74, 6) is 0. The zero-order chi connectivity index (χ0) is 15.8. The molecule has 4 heteroatoms. The maximum atomic E-state index is 5.52. The van der Waals surface area contributed by atoms with Crippen LogP contribution >= 0.6 is 12.6 Å². The summed E-state index contributed by atoms with van der Waals surface area (Å²) < 4.78 is 5.52. The molecule has 0 amide bonds. The minimum Gasteiger partial charge on any atom is -0.375 e. The fraction of sp³-hybridized carbons (Fsp3) is 0.647. The van der Waals surface area contributed by atoms with E-state index in [1.165, 1.54) is 24.9 Å². The van der Waals surface area contributed by atoms with Gasteiger partial charge in [0, 0.05) is 13.2 Å². The largest absolute Gasteiger partial charge is 0.375 e. The highest BCUT2D eigenvalue weighted by atomic mass is 32.1. The van der Waals surface area contributed by atoms with E-state index in [-0.39, 0.29) is 6.10 Å². The van der Waals surface area contributed by atoms with Gasteiger partial charge >= 0.3 is 0 Å². The van der Waals surface area contributed by atoms with Crippen LogP contribution < -0.4 is 0 Å². The van der Waals surface area contributed by atoms with Crippen LogP contribution in [0.15, 0.2) is 30.3 Å². The van der Waals surface area contributed by atoms with E-state index < -0.39 is 0 Å². The lowest BCUT2D eigenvalue weighted by Crippen LogP contribution is -2.32.